The van der Waals surface area contributed by atoms with Crippen molar-refractivity contribution in [3.8, 4) is 0 Å². The molecule has 1 aromatic rings. The molecule has 1 fully saturated rings. The van der Waals surface area contributed by atoms with Crippen LogP contribution in [0.25, 0.3) is 0 Å². The van der Waals surface area contributed by atoms with Crippen molar-refractivity contribution in [2.75, 3.05) is 32.0 Å². The molecule has 2 rings (SSSR count). The number of nitrogens with one attached hydrogen (secondary N) is 2. The smallest absolute Gasteiger partial charge is 0.238 e. The average Bonchev–Trinajstić information content (AvgIpc) is 2.40. The van der Waals surface area contributed by atoms with Crippen LogP contribution in [0.15, 0.2) is 24.3 Å². The Morgan fingerprint density at radius 3 is 2.62 bits per heavy atom. The van der Waals surface area contributed by atoms with Crippen LogP contribution in [0.4, 0.5) is 5.69 Å². The Kier molecular flexibility index (Phi) is 5.73. The molecule has 116 valence electrons. The SMILES string of the molecule is CNCC(=O)Nc1ccccc1CN1CC(C)OC(C)C1. The van der Waals surface area contributed by atoms with Gasteiger partial charge < -0.3 is 15.4 Å². The predicted octanol–water partition coefficient (Wildman–Crippen LogP) is 1.45. The maximum Gasteiger partial charge on any atom is 0.238 e. The number of anilines is 1. The van der Waals surface area contributed by atoms with E-state index in [2.05, 4.69) is 35.4 Å². The Morgan fingerprint density at radius 1 is 1.29 bits per heavy atom. The number of carbonyl (C=O) groups is 1. The number of hydrogen-bond donors (Lipinski definition) is 2. The molecule has 0 spiro atoms. The molecule has 0 radical (unpaired) electrons. The van der Waals surface area contributed by atoms with Crippen molar-refractivity contribution in [2.24, 2.45) is 0 Å². The Labute approximate surface area is 126 Å². The van der Waals surface area contributed by atoms with Gasteiger partial charge in [0.25, 0.3) is 0 Å². The zero-order valence-corrected chi connectivity index (χ0v) is 13.1. The van der Waals surface area contributed by atoms with E-state index in [1.165, 1.54) is 0 Å². The first-order chi connectivity index (χ1) is 10.1. The van der Waals surface area contributed by atoms with Gasteiger partial charge in [-0.2, -0.15) is 0 Å². The number of likely N-dealkylation sites (N-methyl/N-ethyl adjacent to an activating group) is 1. The van der Waals surface area contributed by atoms with Gasteiger partial charge >= 0.3 is 0 Å². The molecule has 0 bridgehead atoms. The Hall–Kier alpha value is -1.43. The van der Waals surface area contributed by atoms with Crippen molar-refractivity contribution >= 4 is 11.6 Å². The van der Waals surface area contributed by atoms with Crippen molar-refractivity contribution in [3.05, 3.63) is 29.8 Å². The van der Waals surface area contributed by atoms with Crippen LogP contribution in [0, 0.1) is 0 Å². The fourth-order valence-corrected chi connectivity index (χ4v) is 2.79. The van der Waals surface area contributed by atoms with E-state index >= 15 is 0 Å². The molecular formula is C16H25N3O2. The molecule has 2 N–H and O–H groups in total. The summed E-state index contributed by atoms with van der Waals surface area (Å²) in [5.74, 6) is -0.0198. The van der Waals surface area contributed by atoms with E-state index in [-0.39, 0.29) is 18.1 Å². The molecule has 2 unspecified atom stereocenters. The monoisotopic (exact) mass is 291 g/mol. The molecule has 1 aliphatic heterocycles. The van der Waals surface area contributed by atoms with Gasteiger partial charge in [-0.1, -0.05) is 18.2 Å². The first kappa shape index (κ1) is 15.9. The molecule has 1 heterocycles. The molecule has 0 aromatic heterocycles. The number of carbonyl (C=O) groups excluding carboxylic acids is 1. The van der Waals surface area contributed by atoms with Crippen molar-refractivity contribution in [2.45, 2.75) is 32.6 Å². The molecule has 5 nitrogen and oxygen atoms in total. The normalized spacial score (nSPS) is 23.0. The van der Waals surface area contributed by atoms with E-state index in [9.17, 15) is 4.79 Å². The predicted molar refractivity (Wildman–Crippen MR) is 84.3 cm³/mol. The largest absolute Gasteiger partial charge is 0.373 e. The number of para-hydroxylation sites is 1. The van der Waals surface area contributed by atoms with Gasteiger partial charge in [-0.25, -0.2) is 0 Å². The van der Waals surface area contributed by atoms with Crippen LogP contribution in [-0.4, -0.2) is 49.7 Å². The van der Waals surface area contributed by atoms with Gasteiger partial charge in [-0.05, 0) is 32.5 Å². The third-order valence-corrected chi connectivity index (χ3v) is 3.52. The van der Waals surface area contributed by atoms with E-state index < -0.39 is 0 Å². The Morgan fingerprint density at radius 2 is 1.95 bits per heavy atom. The zero-order valence-electron chi connectivity index (χ0n) is 13.1. The standard InChI is InChI=1S/C16H25N3O2/c1-12-9-19(10-13(2)21-12)11-14-6-4-5-7-15(14)18-16(20)8-17-3/h4-7,12-13,17H,8-11H2,1-3H3,(H,18,20). The number of rotatable bonds is 5. The molecule has 0 aliphatic carbocycles. The lowest BCUT2D eigenvalue weighted by atomic mass is 10.1. The second-order valence-electron chi connectivity index (χ2n) is 5.69. The first-order valence-corrected chi connectivity index (χ1v) is 7.48. The summed E-state index contributed by atoms with van der Waals surface area (Å²) in [7, 11) is 1.77. The Balaban J connectivity index is 2.04. The first-order valence-electron chi connectivity index (χ1n) is 7.48. The van der Waals surface area contributed by atoms with Crippen molar-refractivity contribution in [1.82, 2.24) is 10.2 Å². The number of hydrogen-bond acceptors (Lipinski definition) is 4. The highest BCUT2D eigenvalue weighted by molar-refractivity contribution is 5.92. The fourth-order valence-electron chi connectivity index (χ4n) is 2.79. The van der Waals surface area contributed by atoms with E-state index in [1.807, 2.05) is 18.2 Å². The van der Waals surface area contributed by atoms with Crippen LogP contribution in [0.3, 0.4) is 0 Å². The van der Waals surface area contributed by atoms with Crippen LogP contribution >= 0.6 is 0 Å². The summed E-state index contributed by atoms with van der Waals surface area (Å²) in [6.45, 7) is 7.19. The van der Waals surface area contributed by atoms with E-state index in [1.54, 1.807) is 7.05 Å². The highest BCUT2D eigenvalue weighted by atomic mass is 16.5. The van der Waals surface area contributed by atoms with Gasteiger partial charge in [-0.15, -0.1) is 0 Å². The molecule has 1 saturated heterocycles. The second-order valence-corrected chi connectivity index (χ2v) is 5.69. The Bertz CT molecular complexity index is 468. The van der Waals surface area contributed by atoms with E-state index in [4.69, 9.17) is 4.74 Å². The van der Waals surface area contributed by atoms with Crippen LogP contribution in [0.2, 0.25) is 0 Å². The van der Waals surface area contributed by atoms with E-state index in [0.29, 0.717) is 6.54 Å². The lowest BCUT2D eigenvalue weighted by Gasteiger charge is -2.35. The molecule has 0 saturated carbocycles. The number of ether oxygens (including phenoxy) is 1. The van der Waals surface area contributed by atoms with E-state index in [0.717, 1.165) is 30.9 Å². The van der Waals surface area contributed by atoms with Gasteiger partial charge in [0.1, 0.15) is 0 Å². The average molecular weight is 291 g/mol. The van der Waals surface area contributed by atoms with Crippen molar-refractivity contribution < 1.29 is 9.53 Å². The lowest BCUT2D eigenvalue weighted by molar-refractivity contribution is -0.115. The summed E-state index contributed by atoms with van der Waals surface area (Å²) in [4.78, 5) is 14.1. The molecule has 2 atom stereocenters. The molecule has 21 heavy (non-hydrogen) atoms. The maximum atomic E-state index is 11.8. The van der Waals surface area contributed by atoms with Crippen molar-refractivity contribution in [3.63, 3.8) is 0 Å². The van der Waals surface area contributed by atoms with Crippen LogP contribution in [-0.2, 0) is 16.1 Å². The molecule has 1 aromatic carbocycles. The minimum atomic E-state index is -0.0198. The molecular weight excluding hydrogens is 266 g/mol. The number of nitrogens with zero attached hydrogens (tertiary/aromatic N) is 1. The minimum absolute atomic E-state index is 0.0198. The summed E-state index contributed by atoms with van der Waals surface area (Å²) in [6.07, 6.45) is 0.500. The van der Waals surface area contributed by atoms with Crippen molar-refractivity contribution in [1.29, 1.82) is 0 Å². The van der Waals surface area contributed by atoms with Gasteiger partial charge in [0.2, 0.25) is 5.91 Å². The summed E-state index contributed by atoms with van der Waals surface area (Å²) in [5.41, 5.74) is 2.04. The summed E-state index contributed by atoms with van der Waals surface area (Å²) < 4.78 is 5.76. The summed E-state index contributed by atoms with van der Waals surface area (Å²) in [6, 6.07) is 7.98. The van der Waals surface area contributed by atoms with Gasteiger partial charge in [0.05, 0.1) is 18.8 Å². The zero-order chi connectivity index (χ0) is 15.2. The van der Waals surface area contributed by atoms with Crippen LogP contribution in [0.1, 0.15) is 19.4 Å². The van der Waals surface area contributed by atoms with Crippen LogP contribution in [0.5, 0.6) is 0 Å². The topological polar surface area (TPSA) is 53.6 Å². The lowest BCUT2D eigenvalue weighted by Crippen LogP contribution is -2.44. The second kappa shape index (κ2) is 7.54. The highest BCUT2D eigenvalue weighted by Gasteiger charge is 2.22. The van der Waals surface area contributed by atoms with Gasteiger partial charge in [0.15, 0.2) is 0 Å². The third-order valence-electron chi connectivity index (χ3n) is 3.52. The number of benzene rings is 1. The van der Waals surface area contributed by atoms with Crippen LogP contribution < -0.4 is 10.6 Å². The molecule has 1 amide bonds. The number of amides is 1. The maximum absolute atomic E-state index is 11.8. The highest BCUT2D eigenvalue weighted by Crippen LogP contribution is 2.20. The summed E-state index contributed by atoms with van der Waals surface area (Å²) in [5, 5.41) is 5.83. The molecule has 1 aliphatic rings. The number of morpholine rings is 1. The quantitative estimate of drug-likeness (QED) is 0.862. The van der Waals surface area contributed by atoms with Gasteiger partial charge in [-0.3, -0.25) is 9.69 Å². The minimum Gasteiger partial charge on any atom is -0.373 e. The molecule has 5 heteroatoms. The summed E-state index contributed by atoms with van der Waals surface area (Å²) >= 11 is 0. The third kappa shape index (κ3) is 4.81. The van der Waals surface area contributed by atoms with Gasteiger partial charge in [0, 0.05) is 25.3 Å². The fraction of sp³-hybridized carbons (Fsp3) is 0.562.